The van der Waals surface area contributed by atoms with Crippen LogP contribution in [0.15, 0.2) is 29.7 Å². The molecule has 0 aliphatic heterocycles. The van der Waals surface area contributed by atoms with Crippen molar-refractivity contribution in [1.29, 1.82) is 0 Å². The second-order valence-corrected chi connectivity index (χ2v) is 9.98. The van der Waals surface area contributed by atoms with Crippen LogP contribution in [0.25, 0.3) is 5.69 Å². The predicted octanol–water partition coefficient (Wildman–Crippen LogP) is 4.31. The third kappa shape index (κ3) is 3.84. The zero-order valence-electron chi connectivity index (χ0n) is 17.2. The number of fused-ring (bicyclic) bond motifs is 2. The minimum atomic E-state index is -0.213. The van der Waals surface area contributed by atoms with Crippen molar-refractivity contribution >= 4 is 17.7 Å². The zero-order valence-corrected chi connectivity index (χ0v) is 18.0. The summed E-state index contributed by atoms with van der Waals surface area (Å²) in [5.41, 5.74) is 3.45. The van der Waals surface area contributed by atoms with Crippen molar-refractivity contribution in [2.45, 2.75) is 69.8 Å². The number of aromatic nitrogens is 3. The van der Waals surface area contributed by atoms with Gasteiger partial charge in [0.1, 0.15) is 6.33 Å². The first-order valence-electron chi connectivity index (χ1n) is 10.4. The Labute approximate surface area is 171 Å². The van der Waals surface area contributed by atoms with Crippen LogP contribution < -0.4 is 5.32 Å². The number of aryl methyl sites for hydroxylation is 2. The number of hydrogen-bond acceptors (Lipinski definition) is 4. The topological polar surface area (TPSA) is 59.8 Å². The molecule has 1 aromatic carbocycles. The van der Waals surface area contributed by atoms with Crippen LogP contribution in [-0.4, -0.2) is 32.0 Å². The second kappa shape index (κ2) is 7.90. The predicted molar refractivity (Wildman–Crippen MR) is 113 cm³/mol. The number of hydrogen-bond donors (Lipinski definition) is 1. The van der Waals surface area contributed by atoms with Gasteiger partial charge in [-0.3, -0.25) is 9.36 Å². The lowest BCUT2D eigenvalue weighted by Crippen LogP contribution is -2.43. The standard InChI is InChI=1S/C22H30N4OS/c1-13-5-8-20(14(2)9-13)26-12-23-25-22(26)28-16(4)21(27)24-15(3)19-11-17-6-7-18(19)10-17/h5,8-9,12,15-19H,6-7,10-11H2,1-4H3,(H,24,27)/t15-,16+,17-,18-,19+/m1/s1. The van der Waals surface area contributed by atoms with Crippen LogP contribution in [0.3, 0.4) is 0 Å². The molecule has 2 aliphatic carbocycles. The van der Waals surface area contributed by atoms with Crippen LogP contribution in [0.1, 0.15) is 50.7 Å². The molecule has 4 rings (SSSR count). The van der Waals surface area contributed by atoms with Gasteiger partial charge < -0.3 is 5.32 Å². The Hall–Kier alpha value is -1.82. The Bertz CT molecular complexity index is 864. The molecule has 2 saturated carbocycles. The Morgan fingerprint density at radius 1 is 1.25 bits per heavy atom. The first-order chi connectivity index (χ1) is 13.4. The summed E-state index contributed by atoms with van der Waals surface area (Å²) < 4.78 is 1.97. The van der Waals surface area contributed by atoms with E-state index in [2.05, 4.69) is 54.5 Å². The number of benzene rings is 1. The lowest BCUT2D eigenvalue weighted by Gasteiger charge is -2.29. The maximum atomic E-state index is 12.8. The van der Waals surface area contributed by atoms with Gasteiger partial charge in [0, 0.05) is 6.04 Å². The highest BCUT2D eigenvalue weighted by Gasteiger charge is 2.42. The normalized spacial score (nSPS) is 25.6. The molecule has 1 aromatic heterocycles. The average Bonchev–Trinajstić information content (AvgIpc) is 3.38. The number of thioether (sulfide) groups is 1. The number of carbonyl (C=O) groups is 1. The average molecular weight is 399 g/mol. The molecule has 0 spiro atoms. The SMILES string of the molecule is Cc1ccc(-n2cnnc2S[C@@H](C)C(=O)N[C@H](C)[C@@H]2C[C@@H]3CC[C@@H]2C3)c(C)c1. The largest absolute Gasteiger partial charge is 0.352 e. The van der Waals surface area contributed by atoms with Crippen molar-refractivity contribution in [3.8, 4) is 5.69 Å². The van der Waals surface area contributed by atoms with Gasteiger partial charge in [-0.05, 0) is 76.3 Å². The molecule has 5 atom stereocenters. The van der Waals surface area contributed by atoms with Crippen molar-refractivity contribution in [2.24, 2.45) is 17.8 Å². The molecule has 28 heavy (non-hydrogen) atoms. The van der Waals surface area contributed by atoms with Crippen molar-refractivity contribution in [1.82, 2.24) is 20.1 Å². The summed E-state index contributed by atoms with van der Waals surface area (Å²) in [5.74, 6) is 2.46. The number of nitrogens with one attached hydrogen (secondary N) is 1. The molecular formula is C22H30N4OS. The van der Waals surface area contributed by atoms with E-state index in [0.717, 1.165) is 22.7 Å². The molecule has 5 nitrogen and oxygen atoms in total. The maximum absolute atomic E-state index is 12.8. The Morgan fingerprint density at radius 2 is 2.07 bits per heavy atom. The van der Waals surface area contributed by atoms with Gasteiger partial charge >= 0.3 is 0 Å². The first kappa shape index (κ1) is 19.5. The smallest absolute Gasteiger partial charge is 0.233 e. The van der Waals surface area contributed by atoms with Crippen LogP contribution in [0.2, 0.25) is 0 Å². The van der Waals surface area contributed by atoms with Crippen molar-refractivity contribution in [3.63, 3.8) is 0 Å². The van der Waals surface area contributed by atoms with E-state index in [1.807, 2.05) is 11.5 Å². The fraction of sp³-hybridized carbons (Fsp3) is 0.591. The quantitative estimate of drug-likeness (QED) is 0.737. The molecule has 1 N–H and O–H groups in total. The van der Waals surface area contributed by atoms with Crippen molar-refractivity contribution in [3.05, 3.63) is 35.7 Å². The minimum absolute atomic E-state index is 0.0930. The highest BCUT2D eigenvalue weighted by Crippen LogP contribution is 2.49. The third-order valence-electron chi connectivity index (χ3n) is 6.58. The van der Waals surface area contributed by atoms with E-state index in [0.29, 0.717) is 5.92 Å². The maximum Gasteiger partial charge on any atom is 0.233 e. The first-order valence-corrected chi connectivity index (χ1v) is 11.2. The van der Waals surface area contributed by atoms with E-state index >= 15 is 0 Å². The number of carbonyl (C=O) groups excluding carboxylic acids is 1. The van der Waals surface area contributed by atoms with Gasteiger partial charge in [-0.15, -0.1) is 10.2 Å². The highest BCUT2D eigenvalue weighted by molar-refractivity contribution is 8.00. The van der Waals surface area contributed by atoms with E-state index in [9.17, 15) is 4.79 Å². The van der Waals surface area contributed by atoms with E-state index in [-0.39, 0.29) is 17.2 Å². The molecule has 1 amide bonds. The second-order valence-electron chi connectivity index (χ2n) is 8.67. The Balaban J connectivity index is 1.40. The van der Waals surface area contributed by atoms with Crippen LogP contribution in [0.5, 0.6) is 0 Å². The lowest BCUT2D eigenvalue weighted by atomic mass is 9.84. The van der Waals surface area contributed by atoms with Gasteiger partial charge in [0.05, 0.1) is 10.9 Å². The monoisotopic (exact) mass is 398 g/mol. The fourth-order valence-corrected chi connectivity index (χ4v) is 5.96. The van der Waals surface area contributed by atoms with Crippen molar-refractivity contribution < 1.29 is 4.79 Å². The summed E-state index contributed by atoms with van der Waals surface area (Å²) in [6.45, 7) is 8.31. The minimum Gasteiger partial charge on any atom is -0.352 e. The molecule has 0 radical (unpaired) electrons. The molecule has 2 bridgehead atoms. The Kier molecular flexibility index (Phi) is 5.50. The van der Waals surface area contributed by atoms with Crippen LogP contribution in [-0.2, 0) is 4.79 Å². The van der Waals surface area contributed by atoms with Gasteiger partial charge in [0.25, 0.3) is 0 Å². The summed E-state index contributed by atoms with van der Waals surface area (Å²) in [7, 11) is 0. The summed E-state index contributed by atoms with van der Waals surface area (Å²) in [5, 5.41) is 12.2. The summed E-state index contributed by atoms with van der Waals surface area (Å²) in [6.07, 6.45) is 7.12. The molecule has 2 aliphatic rings. The fourth-order valence-electron chi connectivity index (χ4n) is 5.11. The van der Waals surface area contributed by atoms with Gasteiger partial charge in [0.2, 0.25) is 5.91 Å². The van der Waals surface area contributed by atoms with Crippen LogP contribution in [0, 0.1) is 31.6 Å². The van der Waals surface area contributed by atoms with E-state index in [1.165, 1.54) is 48.6 Å². The number of nitrogens with zero attached hydrogens (tertiary/aromatic N) is 3. The van der Waals surface area contributed by atoms with Crippen LogP contribution >= 0.6 is 11.8 Å². The molecule has 150 valence electrons. The molecule has 0 saturated heterocycles. The molecule has 6 heteroatoms. The zero-order chi connectivity index (χ0) is 19.8. The van der Waals surface area contributed by atoms with E-state index < -0.39 is 0 Å². The van der Waals surface area contributed by atoms with Gasteiger partial charge in [-0.1, -0.05) is 35.9 Å². The number of amides is 1. The van der Waals surface area contributed by atoms with Crippen LogP contribution in [0.4, 0.5) is 0 Å². The lowest BCUT2D eigenvalue weighted by molar-refractivity contribution is -0.121. The molecular weight excluding hydrogens is 368 g/mol. The van der Waals surface area contributed by atoms with Gasteiger partial charge in [-0.25, -0.2) is 0 Å². The van der Waals surface area contributed by atoms with E-state index in [1.54, 1.807) is 6.33 Å². The summed E-state index contributed by atoms with van der Waals surface area (Å²) in [6, 6.07) is 6.57. The molecule has 0 unspecified atom stereocenters. The van der Waals surface area contributed by atoms with E-state index in [4.69, 9.17) is 0 Å². The van der Waals surface area contributed by atoms with Crippen molar-refractivity contribution in [2.75, 3.05) is 0 Å². The third-order valence-corrected chi connectivity index (χ3v) is 7.64. The summed E-state index contributed by atoms with van der Waals surface area (Å²) in [4.78, 5) is 12.8. The van der Waals surface area contributed by atoms with Gasteiger partial charge in [-0.2, -0.15) is 0 Å². The molecule has 2 fully saturated rings. The summed E-state index contributed by atoms with van der Waals surface area (Å²) >= 11 is 1.47. The Morgan fingerprint density at radius 3 is 2.75 bits per heavy atom. The molecule has 1 heterocycles. The number of rotatable bonds is 6. The molecule has 2 aromatic rings. The highest BCUT2D eigenvalue weighted by atomic mass is 32.2. The van der Waals surface area contributed by atoms with Gasteiger partial charge in [0.15, 0.2) is 5.16 Å².